The zero-order valence-corrected chi connectivity index (χ0v) is 12.5. The highest BCUT2D eigenvalue weighted by molar-refractivity contribution is 9.12. The molecule has 0 amide bonds. The van der Waals surface area contributed by atoms with Gasteiger partial charge < -0.3 is 24.4 Å². The first-order valence-electron chi connectivity index (χ1n) is 4.60. The van der Waals surface area contributed by atoms with Crippen LogP contribution in [0.1, 0.15) is 0 Å². The monoisotopic (exact) mass is 384 g/mol. The van der Waals surface area contributed by atoms with Crippen molar-refractivity contribution in [3.05, 3.63) is 0 Å². The zero-order valence-electron chi connectivity index (χ0n) is 8.57. The van der Waals surface area contributed by atoms with E-state index in [4.69, 9.17) is 30.9 Å². The van der Waals surface area contributed by atoms with E-state index in [0.717, 1.165) is 0 Å². The van der Waals surface area contributed by atoms with Gasteiger partial charge in [-0.05, 0) is 15.9 Å². The minimum Gasteiger partial charge on any atom is -0.394 e. The molecule has 0 aromatic rings. The first-order chi connectivity index (χ1) is 7.48. The first-order valence-corrected chi connectivity index (χ1v) is 6.69. The highest BCUT2D eigenvalue weighted by Gasteiger charge is 2.29. The van der Waals surface area contributed by atoms with E-state index in [1.165, 1.54) is 0 Å². The van der Waals surface area contributed by atoms with Gasteiger partial charge in [0.1, 0.15) is 0 Å². The van der Waals surface area contributed by atoms with Gasteiger partial charge in [-0.1, -0.05) is 27.5 Å². The second kappa shape index (κ2) is 10.0. The Kier molecular flexibility index (Phi) is 10.7. The van der Waals surface area contributed by atoms with Gasteiger partial charge in [-0.15, -0.1) is 0 Å². The largest absolute Gasteiger partial charge is 0.394 e. The lowest BCUT2D eigenvalue weighted by atomic mass is 10.7. The van der Waals surface area contributed by atoms with Crippen LogP contribution in [-0.2, 0) is 14.2 Å². The molecule has 0 aliphatic heterocycles. The topological polar surface area (TPSA) is 68.2 Å². The molecule has 2 unspecified atom stereocenters. The van der Waals surface area contributed by atoms with Gasteiger partial charge in [-0.3, -0.25) is 0 Å². The minimum atomic E-state index is -1.63. The van der Waals surface area contributed by atoms with Crippen molar-refractivity contribution < 1.29 is 24.4 Å². The van der Waals surface area contributed by atoms with E-state index in [2.05, 4.69) is 31.9 Å². The second-order valence-electron chi connectivity index (χ2n) is 2.72. The molecule has 0 aromatic heterocycles. The third-order valence-corrected chi connectivity index (χ3v) is 3.79. The first kappa shape index (κ1) is 17.1. The molecule has 0 spiro atoms. The van der Waals surface area contributed by atoms with Crippen LogP contribution >= 0.6 is 43.5 Å². The lowest BCUT2D eigenvalue weighted by Crippen LogP contribution is -2.28. The van der Waals surface area contributed by atoms with Gasteiger partial charge in [0, 0.05) is 0 Å². The van der Waals surface area contributed by atoms with Crippen molar-refractivity contribution in [3.8, 4) is 0 Å². The summed E-state index contributed by atoms with van der Waals surface area (Å²) in [6.45, 7) is 1.83. The third kappa shape index (κ3) is 10.2. The van der Waals surface area contributed by atoms with Crippen LogP contribution in [0.3, 0.4) is 0 Å². The highest BCUT2D eigenvalue weighted by Crippen LogP contribution is 2.29. The molecule has 0 radical (unpaired) electrons. The predicted molar refractivity (Wildman–Crippen MR) is 67.1 cm³/mol. The molecule has 2 N–H and O–H groups in total. The molecule has 16 heavy (non-hydrogen) atoms. The second-order valence-corrected chi connectivity index (χ2v) is 5.80. The number of ether oxygens (including phenoxy) is 3. The van der Waals surface area contributed by atoms with Crippen LogP contribution in [0.5, 0.6) is 0 Å². The fourth-order valence-corrected chi connectivity index (χ4v) is 1.08. The summed E-state index contributed by atoms with van der Waals surface area (Å²) in [5.74, 6) is 0. The number of aliphatic hydroxyl groups excluding tert-OH is 1. The zero-order chi connectivity index (χ0) is 12.4. The summed E-state index contributed by atoms with van der Waals surface area (Å²) in [6.07, 6.45) is 0. The normalized spacial score (nSPS) is 17.1. The Morgan fingerprint density at radius 1 is 1.12 bits per heavy atom. The molecule has 0 saturated carbocycles. The van der Waals surface area contributed by atoms with Crippen LogP contribution in [0, 0.1) is 0 Å². The van der Waals surface area contributed by atoms with Crippen LogP contribution in [0.15, 0.2) is 0 Å². The van der Waals surface area contributed by atoms with Crippen LogP contribution in [0.2, 0.25) is 0 Å². The Balaban J connectivity index is 3.21. The van der Waals surface area contributed by atoms with Gasteiger partial charge in [0.15, 0.2) is 5.01 Å². The Labute approximate surface area is 116 Å². The van der Waals surface area contributed by atoms with E-state index >= 15 is 0 Å². The summed E-state index contributed by atoms with van der Waals surface area (Å²) in [5.41, 5.74) is 0. The van der Waals surface area contributed by atoms with Crippen molar-refractivity contribution in [2.75, 3.05) is 39.6 Å². The van der Waals surface area contributed by atoms with Crippen LogP contribution in [-0.4, -0.2) is 58.8 Å². The average Bonchev–Trinajstić information content (AvgIpc) is 2.20. The molecule has 0 aliphatic rings. The van der Waals surface area contributed by atoms with Crippen molar-refractivity contribution >= 4 is 43.5 Å². The average molecular weight is 386 g/mol. The molecule has 0 rings (SSSR count). The molecular weight excluding hydrogens is 371 g/mol. The van der Waals surface area contributed by atoms with Crippen LogP contribution < -0.4 is 0 Å². The highest BCUT2D eigenvalue weighted by atomic mass is 79.9. The maximum Gasteiger partial charge on any atom is 0.231 e. The molecule has 98 valence electrons. The summed E-state index contributed by atoms with van der Waals surface area (Å²) >= 11 is 11.4. The SMILES string of the molecule is OCCOCCOCCOC(Br)C(O)(Cl)Br. The molecule has 0 aromatic carbocycles. The van der Waals surface area contributed by atoms with Crippen molar-refractivity contribution in [3.63, 3.8) is 0 Å². The van der Waals surface area contributed by atoms with Gasteiger partial charge in [0.05, 0.1) is 39.6 Å². The number of aliphatic hydroxyl groups is 2. The summed E-state index contributed by atoms with van der Waals surface area (Å²) in [6, 6.07) is 0. The molecule has 5 nitrogen and oxygen atoms in total. The molecule has 0 saturated heterocycles. The summed E-state index contributed by atoms with van der Waals surface area (Å²) in [7, 11) is 0. The summed E-state index contributed by atoms with van der Waals surface area (Å²) in [5, 5.41) is 16.9. The maximum absolute atomic E-state index is 9.21. The maximum atomic E-state index is 9.21. The number of halogens is 3. The summed E-state index contributed by atoms with van der Waals surface area (Å²) < 4.78 is 13.6. The quantitative estimate of drug-likeness (QED) is 0.434. The third-order valence-electron chi connectivity index (χ3n) is 1.37. The fraction of sp³-hybridized carbons (Fsp3) is 1.00. The molecule has 2 atom stereocenters. The van der Waals surface area contributed by atoms with E-state index in [0.29, 0.717) is 26.4 Å². The molecule has 0 bridgehead atoms. The van der Waals surface area contributed by atoms with Crippen LogP contribution in [0.4, 0.5) is 0 Å². The Morgan fingerprint density at radius 3 is 2.12 bits per heavy atom. The number of hydrogen-bond acceptors (Lipinski definition) is 5. The van der Waals surface area contributed by atoms with Crippen molar-refractivity contribution in [2.45, 2.75) is 8.98 Å². The van der Waals surface area contributed by atoms with Gasteiger partial charge in [0.2, 0.25) is 3.97 Å². The summed E-state index contributed by atoms with van der Waals surface area (Å²) in [4.78, 5) is 0. The lowest BCUT2D eigenvalue weighted by molar-refractivity contribution is -0.0127. The molecular formula is C8H15Br2ClO5. The van der Waals surface area contributed by atoms with Crippen molar-refractivity contribution in [2.24, 2.45) is 0 Å². The van der Waals surface area contributed by atoms with Crippen LogP contribution in [0.25, 0.3) is 0 Å². The van der Waals surface area contributed by atoms with E-state index in [9.17, 15) is 5.11 Å². The lowest BCUT2D eigenvalue weighted by Gasteiger charge is -2.19. The number of hydrogen-bond donors (Lipinski definition) is 2. The smallest absolute Gasteiger partial charge is 0.231 e. The van der Waals surface area contributed by atoms with E-state index in [1.807, 2.05) is 0 Å². The van der Waals surface area contributed by atoms with Gasteiger partial charge in [0.25, 0.3) is 0 Å². The standard InChI is InChI=1S/C8H15Br2ClO5/c9-7(8(10,11)13)16-6-5-15-4-3-14-2-1-12/h7,12-13H,1-6H2. The number of rotatable bonds is 10. The Bertz CT molecular complexity index is 167. The van der Waals surface area contributed by atoms with Gasteiger partial charge >= 0.3 is 0 Å². The van der Waals surface area contributed by atoms with E-state index < -0.39 is 8.98 Å². The molecule has 0 aliphatic carbocycles. The Morgan fingerprint density at radius 2 is 1.62 bits per heavy atom. The number of alkyl halides is 3. The fourth-order valence-electron chi connectivity index (χ4n) is 0.697. The molecule has 0 fully saturated rings. The molecule has 0 heterocycles. The molecule has 8 heteroatoms. The van der Waals surface area contributed by atoms with E-state index in [1.54, 1.807) is 0 Å². The Hall–Kier alpha value is 1.05. The minimum absolute atomic E-state index is 0.00787. The van der Waals surface area contributed by atoms with Crippen molar-refractivity contribution in [1.29, 1.82) is 0 Å². The van der Waals surface area contributed by atoms with Gasteiger partial charge in [-0.25, -0.2) is 0 Å². The van der Waals surface area contributed by atoms with Crippen molar-refractivity contribution in [1.82, 2.24) is 0 Å². The van der Waals surface area contributed by atoms with Gasteiger partial charge in [-0.2, -0.15) is 0 Å². The van der Waals surface area contributed by atoms with E-state index in [-0.39, 0.29) is 13.2 Å². The predicted octanol–water partition coefficient (Wildman–Crippen LogP) is 1.03.